The Kier molecular flexibility index (Phi) is 3.18. The van der Waals surface area contributed by atoms with E-state index in [0.717, 1.165) is 22.4 Å². The Balaban J connectivity index is 2.00. The molecule has 3 aromatic rings. The average Bonchev–Trinajstić information content (AvgIpc) is 2.97. The fraction of sp³-hybridized carbons (Fsp3) is 0.0667. The van der Waals surface area contributed by atoms with Crippen LogP contribution in [0.2, 0.25) is 0 Å². The van der Waals surface area contributed by atoms with Crippen LogP contribution in [0.1, 0.15) is 5.56 Å². The van der Waals surface area contributed by atoms with Crippen molar-refractivity contribution in [1.29, 1.82) is 0 Å². The lowest BCUT2D eigenvalue weighted by atomic mass is 10.1. The van der Waals surface area contributed by atoms with Crippen molar-refractivity contribution in [3.63, 3.8) is 0 Å². The maximum Gasteiger partial charge on any atom is 0.141 e. The molecule has 0 atom stereocenters. The molecule has 0 amide bonds. The number of aliphatic hydroxyl groups is 1. The number of nitrogens with zero attached hydrogens (tertiary/aromatic N) is 2. The molecule has 5 heteroatoms. The summed E-state index contributed by atoms with van der Waals surface area (Å²) in [5, 5.41) is 9.18. The first-order valence-corrected chi connectivity index (χ1v) is 6.24. The molecule has 1 aromatic carbocycles. The van der Waals surface area contributed by atoms with E-state index in [1.54, 1.807) is 12.4 Å². The Hall–Kier alpha value is -2.66. The van der Waals surface area contributed by atoms with Gasteiger partial charge in [0.2, 0.25) is 0 Å². The number of benzene rings is 1. The summed E-state index contributed by atoms with van der Waals surface area (Å²) in [6.45, 7) is 0.0182. The van der Waals surface area contributed by atoms with Crippen LogP contribution in [-0.4, -0.2) is 20.1 Å². The van der Waals surface area contributed by atoms with E-state index in [1.165, 1.54) is 0 Å². The normalized spacial score (nSPS) is 10.7. The van der Waals surface area contributed by atoms with Gasteiger partial charge in [-0.2, -0.15) is 0 Å². The third kappa shape index (κ3) is 2.26. The number of nitrogens with one attached hydrogen (secondary N) is 1. The number of imidazole rings is 1. The molecule has 20 heavy (non-hydrogen) atoms. The summed E-state index contributed by atoms with van der Waals surface area (Å²) < 4.78 is 0. The van der Waals surface area contributed by atoms with Gasteiger partial charge in [0.25, 0.3) is 0 Å². The van der Waals surface area contributed by atoms with E-state index in [2.05, 4.69) is 15.0 Å². The predicted molar refractivity (Wildman–Crippen MR) is 77.6 cm³/mol. The molecule has 0 saturated heterocycles. The number of hydrogen-bond acceptors (Lipinski definition) is 4. The molecule has 0 aliphatic carbocycles. The molecule has 0 fully saturated rings. The van der Waals surface area contributed by atoms with Gasteiger partial charge >= 0.3 is 0 Å². The molecule has 0 aliphatic rings. The van der Waals surface area contributed by atoms with Crippen LogP contribution in [0, 0.1) is 0 Å². The van der Waals surface area contributed by atoms with Crippen molar-refractivity contribution in [2.75, 3.05) is 5.73 Å². The molecule has 0 spiro atoms. The standard InChI is InChI=1S/C15H14N4O/c16-14-12(5-2-6-17-14)15-18-8-13(19-15)11-4-1-3-10(7-11)9-20/h1-8,20H,9H2,(H2,16,17)(H,18,19). The largest absolute Gasteiger partial charge is 0.392 e. The number of aliphatic hydroxyl groups excluding tert-OH is 1. The fourth-order valence-electron chi connectivity index (χ4n) is 2.06. The Morgan fingerprint density at radius 3 is 2.85 bits per heavy atom. The molecule has 4 N–H and O–H groups in total. The van der Waals surface area contributed by atoms with Gasteiger partial charge in [-0.15, -0.1) is 0 Å². The number of nitrogen functional groups attached to an aromatic ring is 1. The summed E-state index contributed by atoms with van der Waals surface area (Å²) >= 11 is 0. The van der Waals surface area contributed by atoms with Gasteiger partial charge in [-0.1, -0.05) is 18.2 Å². The maximum atomic E-state index is 9.18. The van der Waals surface area contributed by atoms with Crippen LogP contribution < -0.4 is 5.73 Å². The third-order valence-electron chi connectivity index (χ3n) is 3.09. The number of rotatable bonds is 3. The topological polar surface area (TPSA) is 87.8 Å². The van der Waals surface area contributed by atoms with Crippen LogP contribution in [0.3, 0.4) is 0 Å². The Morgan fingerprint density at radius 1 is 1.15 bits per heavy atom. The number of anilines is 1. The maximum absolute atomic E-state index is 9.18. The molecule has 0 saturated carbocycles. The first-order valence-electron chi connectivity index (χ1n) is 6.24. The van der Waals surface area contributed by atoms with Gasteiger partial charge in [-0.3, -0.25) is 0 Å². The van der Waals surface area contributed by atoms with Crippen LogP contribution in [0.5, 0.6) is 0 Å². The van der Waals surface area contributed by atoms with E-state index < -0.39 is 0 Å². The zero-order chi connectivity index (χ0) is 13.9. The third-order valence-corrected chi connectivity index (χ3v) is 3.09. The first kappa shape index (κ1) is 12.4. The van der Waals surface area contributed by atoms with E-state index >= 15 is 0 Å². The lowest BCUT2D eigenvalue weighted by molar-refractivity contribution is 0.282. The van der Waals surface area contributed by atoms with Gasteiger partial charge in [-0.05, 0) is 29.3 Å². The van der Waals surface area contributed by atoms with Crippen LogP contribution in [0.25, 0.3) is 22.6 Å². The summed E-state index contributed by atoms with van der Waals surface area (Å²) in [4.78, 5) is 11.6. The first-order chi connectivity index (χ1) is 9.78. The summed E-state index contributed by atoms with van der Waals surface area (Å²) in [7, 11) is 0. The van der Waals surface area contributed by atoms with E-state index in [1.807, 2.05) is 36.4 Å². The van der Waals surface area contributed by atoms with Crippen molar-refractivity contribution in [3.8, 4) is 22.6 Å². The van der Waals surface area contributed by atoms with Gasteiger partial charge in [0.1, 0.15) is 11.6 Å². The van der Waals surface area contributed by atoms with Crippen molar-refractivity contribution in [2.45, 2.75) is 6.61 Å². The number of aromatic amines is 1. The molecule has 0 bridgehead atoms. The minimum atomic E-state index is 0.0182. The van der Waals surface area contributed by atoms with E-state index in [4.69, 9.17) is 5.73 Å². The van der Waals surface area contributed by atoms with Crippen molar-refractivity contribution in [3.05, 3.63) is 54.4 Å². The van der Waals surface area contributed by atoms with Crippen LogP contribution in [-0.2, 0) is 6.61 Å². The van der Waals surface area contributed by atoms with Gasteiger partial charge < -0.3 is 15.8 Å². The predicted octanol–water partition coefficient (Wildman–Crippen LogP) is 2.21. The van der Waals surface area contributed by atoms with Gasteiger partial charge in [-0.25, -0.2) is 9.97 Å². The van der Waals surface area contributed by atoms with Crippen molar-refractivity contribution in [1.82, 2.24) is 15.0 Å². The molecular weight excluding hydrogens is 252 g/mol. The second-order valence-corrected chi connectivity index (χ2v) is 4.44. The highest BCUT2D eigenvalue weighted by atomic mass is 16.3. The summed E-state index contributed by atoms with van der Waals surface area (Å²) in [6, 6.07) is 11.3. The highest BCUT2D eigenvalue weighted by molar-refractivity contribution is 5.71. The molecular formula is C15H14N4O. The molecule has 3 rings (SSSR count). The second kappa shape index (κ2) is 5.14. The molecule has 0 aliphatic heterocycles. The lowest BCUT2D eigenvalue weighted by Gasteiger charge is -2.02. The molecule has 0 unspecified atom stereocenters. The van der Waals surface area contributed by atoms with Crippen molar-refractivity contribution < 1.29 is 5.11 Å². The Bertz CT molecular complexity index is 736. The monoisotopic (exact) mass is 266 g/mol. The van der Waals surface area contributed by atoms with Gasteiger partial charge in [0.05, 0.1) is 24.1 Å². The van der Waals surface area contributed by atoms with Crippen molar-refractivity contribution >= 4 is 5.82 Å². The smallest absolute Gasteiger partial charge is 0.141 e. The van der Waals surface area contributed by atoms with Crippen LogP contribution in [0.15, 0.2) is 48.8 Å². The SMILES string of the molecule is Nc1ncccc1-c1ncc(-c2cccc(CO)c2)[nH]1. The Morgan fingerprint density at radius 2 is 2.05 bits per heavy atom. The van der Waals surface area contributed by atoms with Crippen LogP contribution in [0.4, 0.5) is 5.82 Å². The quantitative estimate of drug-likeness (QED) is 0.678. The number of pyridine rings is 1. The number of hydrogen-bond donors (Lipinski definition) is 3. The molecule has 2 heterocycles. The molecule has 5 nitrogen and oxygen atoms in total. The lowest BCUT2D eigenvalue weighted by Crippen LogP contribution is -1.94. The van der Waals surface area contributed by atoms with E-state index in [0.29, 0.717) is 11.6 Å². The second-order valence-electron chi connectivity index (χ2n) is 4.44. The fourth-order valence-corrected chi connectivity index (χ4v) is 2.06. The highest BCUT2D eigenvalue weighted by Crippen LogP contribution is 2.25. The zero-order valence-corrected chi connectivity index (χ0v) is 10.7. The number of nitrogens with two attached hydrogens (primary N) is 1. The zero-order valence-electron chi connectivity index (χ0n) is 10.7. The van der Waals surface area contributed by atoms with E-state index in [-0.39, 0.29) is 6.61 Å². The molecule has 2 aromatic heterocycles. The summed E-state index contributed by atoms with van der Waals surface area (Å²) in [6.07, 6.45) is 3.39. The van der Waals surface area contributed by atoms with Gasteiger partial charge in [0, 0.05) is 6.20 Å². The highest BCUT2D eigenvalue weighted by Gasteiger charge is 2.08. The Labute approximate surface area is 116 Å². The minimum Gasteiger partial charge on any atom is -0.392 e. The van der Waals surface area contributed by atoms with E-state index in [9.17, 15) is 5.11 Å². The molecule has 0 radical (unpaired) electrons. The molecule has 100 valence electrons. The van der Waals surface area contributed by atoms with Crippen molar-refractivity contribution in [2.24, 2.45) is 0 Å². The number of aromatic nitrogens is 3. The summed E-state index contributed by atoms with van der Waals surface area (Å²) in [5.41, 5.74) is 9.32. The summed E-state index contributed by atoms with van der Waals surface area (Å²) in [5.74, 6) is 1.12. The number of H-pyrrole nitrogens is 1. The van der Waals surface area contributed by atoms with Gasteiger partial charge in [0.15, 0.2) is 0 Å². The average molecular weight is 266 g/mol. The minimum absolute atomic E-state index is 0.0182. The van der Waals surface area contributed by atoms with Crippen LogP contribution >= 0.6 is 0 Å².